The molecule has 1 aromatic carbocycles. The first-order valence-electron chi connectivity index (χ1n) is 5.92. The van der Waals surface area contributed by atoms with E-state index in [2.05, 4.69) is 11.4 Å². The average Bonchev–Trinajstić information content (AvgIpc) is 2.32. The minimum atomic E-state index is -0.184. The van der Waals surface area contributed by atoms with Gasteiger partial charge in [0.1, 0.15) is 0 Å². The third kappa shape index (κ3) is 3.49. The van der Waals surface area contributed by atoms with Gasteiger partial charge in [-0.3, -0.25) is 0 Å². The summed E-state index contributed by atoms with van der Waals surface area (Å²) in [4.78, 5) is 13.4. The van der Waals surface area contributed by atoms with Crippen LogP contribution in [0.25, 0.3) is 0 Å². The highest BCUT2D eigenvalue weighted by Crippen LogP contribution is 2.20. The van der Waals surface area contributed by atoms with Crippen molar-refractivity contribution >= 4 is 11.7 Å². The Hall–Kier alpha value is -2.02. The number of nitrogens with zero attached hydrogens (tertiary/aromatic N) is 2. The van der Waals surface area contributed by atoms with Crippen LogP contribution >= 0.6 is 0 Å². The zero-order valence-corrected chi connectivity index (χ0v) is 11.4. The van der Waals surface area contributed by atoms with Crippen LogP contribution in [0, 0.1) is 32.1 Å². The monoisotopic (exact) mass is 245 g/mol. The summed E-state index contributed by atoms with van der Waals surface area (Å²) in [6.45, 7) is 6.47. The summed E-state index contributed by atoms with van der Waals surface area (Å²) in [6.07, 6.45) is 0.343. The highest BCUT2D eigenvalue weighted by atomic mass is 16.2. The van der Waals surface area contributed by atoms with Gasteiger partial charge in [-0.2, -0.15) is 5.26 Å². The molecule has 2 amide bonds. The molecule has 96 valence electrons. The van der Waals surface area contributed by atoms with Crippen LogP contribution in [-0.2, 0) is 0 Å². The molecule has 0 unspecified atom stereocenters. The van der Waals surface area contributed by atoms with Gasteiger partial charge in [0.25, 0.3) is 0 Å². The third-order valence-corrected chi connectivity index (χ3v) is 2.99. The number of rotatable bonds is 3. The standard InChI is InChI=1S/C14H19N3O/c1-10-8-12(3)13(9-11(10)2)16-14(18)17(4)7-5-6-15/h8-9H,5,7H2,1-4H3,(H,16,18). The molecule has 0 aromatic heterocycles. The molecule has 1 aromatic rings. The SMILES string of the molecule is Cc1cc(C)c(NC(=O)N(C)CCC#N)cc1C. The van der Waals surface area contributed by atoms with Gasteiger partial charge in [-0.15, -0.1) is 0 Å². The smallest absolute Gasteiger partial charge is 0.321 e. The van der Waals surface area contributed by atoms with E-state index < -0.39 is 0 Å². The van der Waals surface area contributed by atoms with Gasteiger partial charge < -0.3 is 10.2 Å². The summed E-state index contributed by atoms with van der Waals surface area (Å²) in [7, 11) is 1.68. The normalized spacial score (nSPS) is 9.72. The van der Waals surface area contributed by atoms with Gasteiger partial charge in [0, 0.05) is 19.3 Å². The van der Waals surface area contributed by atoms with Gasteiger partial charge >= 0.3 is 6.03 Å². The van der Waals surface area contributed by atoms with Gasteiger partial charge in [-0.1, -0.05) is 6.07 Å². The zero-order chi connectivity index (χ0) is 13.7. The number of nitriles is 1. The number of urea groups is 1. The summed E-state index contributed by atoms with van der Waals surface area (Å²) in [5.41, 5.74) is 4.23. The van der Waals surface area contributed by atoms with Crippen molar-refractivity contribution in [2.75, 3.05) is 18.9 Å². The first-order valence-corrected chi connectivity index (χ1v) is 5.92. The Balaban J connectivity index is 2.76. The van der Waals surface area contributed by atoms with Crippen molar-refractivity contribution in [1.82, 2.24) is 4.90 Å². The second-order valence-electron chi connectivity index (χ2n) is 4.51. The van der Waals surface area contributed by atoms with Crippen LogP contribution in [0.15, 0.2) is 12.1 Å². The molecule has 0 bridgehead atoms. The van der Waals surface area contributed by atoms with E-state index in [0.29, 0.717) is 13.0 Å². The number of benzene rings is 1. The van der Waals surface area contributed by atoms with E-state index in [4.69, 9.17) is 5.26 Å². The number of nitrogens with one attached hydrogen (secondary N) is 1. The lowest BCUT2D eigenvalue weighted by molar-refractivity contribution is 0.223. The summed E-state index contributed by atoms with van der Waals surface area (Å²) >= 11 is 0. The van der Waals surface area contributed by atoms with Crippen molar-refractivity contribution in [1.29, 1.82) is 5.26 Å². The van der Waals surface area contributed by atoms with Crippen LogP contribution in [0.1, 0.15) is 23.1 Å². The Bertz CT molecular complexity index is 489. The lowest BCUT2D eigenvalue weighted by atomic mass is 10.1. The van der Waals surface area contributed by atoms with Crippen molar-refractivity contribution in [3.63, 3.8) is 0 Å². The third-order valence-electron chi connectivity index (χ3n) is 2.99. The molecule has 1 N–H and O–H groups in total. The predicted molar refractivity (Wildman–Crippen MR) is 72.5 cm³/mol. The van der Waals surface area contributed by atoms with E-state index in [0.717, 1.165) is 16.8 Å². The molecule has 0 aliphatic heterocycles. The number of anilines is 1. The Labute approximate surface area is 108 Å². The topological polar surface area (TPSA) is 56.1 Å². The zero-order valence-electron chi connectivity index (χ0n) is 11.4. The second kappa shape index (κ2) is 6.06. The molecular formula is C14H19N3O. The molecule has 0 saturated heterocycles. The van der Waals surface area contributed by atoms with Crippen molar-refractivity contribution in [3.8, 4) is 6.07 Å². The van der Waals surface area contributed by atoms with Crippen LogP contribution in [-0.4, -0.2) is 24.5 Å². The Morgan fingerprint density at radius 1 is 1.28 bits per heavy atom. The van der Waals surface area contributed by atoms with E-state index in [-0.39, 0.29) is 6.03 Å². The first-order chi connectivity index (χ1) is 8.45. The molecule has 0 aliphatic rings. The molecule has 0 radical (unpaired) electrons. The predicted octanol–water partition coefficient (Wildman–Crippen LogP) is 2.99. The lowest BCUT2D eigenvalue weighted by Crippen LogP contribution is -2.32. The Morgan fingerprint density at radius 2 is 1.89 bits per heavy atom. The summed E-state index contributed by atoms with van der Waals surface area (Å²) in [6, 6.07) is 5.87. The van der Waals surface area contributed by atoms with E-state index in [1.807, 2.05) is 32.9 Å². The summed E-state index contributed by atoms with van der Waals surface area (Å²) < 4.78 is 0. The van der Waals surface area contributed by atoms with Crippen molar-refractivity contribution in [2.45, 2.75) is 27.2 Å². The van der Waals surface area contributed by atoms with Gasteiger partial charge in [-0.25, -0.2) is 4.79 Å². The number of hydrogen-bond acceptors (Lipinski definition) is 2. The van der Waals surface area contributed by atoms with Crippen LogP contribution in [0.3, 0.4) is 0 Å². The molecule has 18 heavy (non-hydrogen) atoms. The maximum Gasteiger partial charge on any atom is 0.321 e. The summed E-state index contributed by atoms with van der Waals surface area (Å²) in [5.74, 6) is 0. The van der Waals surface area contributed by atoms with E-state index in [1.165, 1.54) is 10.5 Å². The van der Waals surface area contributed by atoms with Gasteiger partial charge in [0.05, 0.1) is 12.5 Å². The molecule has 0 heterocycles. The fourth-order valence-corrected chi connectivity index (χ4v) is 1.63. The second-order valence-corrected chi connectivity index (χ2v) is 4.51. The average molecular weight is 245 g/mol. The van der Waals surface area contributed by atoms with Gasteiger partial charge in [-0.05, 0) is 43.5 Å². The molecule has 4 heteroatoms. The van der Waals surface area contributed by atoms with Crippen LogP contribution in [0.5, 0.6) is 0 Å². The molecule has 1 rings (SSSR count). The maximum atomic E-state index is 11.9. The fourth-order valence-electron chi connectivity index (χ4n) is 1.63. The summed E-state index contributed by atoms with van der Waals surface area (Å²) in [5, 5.41) is 11.4. The highest BCUT2D eigenvalue weighted by molar-refractivity contribution is 5.90. The van der Waals surface area contributed by atoms with Crippen molar-refractivity contribution in [3.05, 3.63) is 28.8 Å². The van der Waals surface area contributed by atoms with E-state index in [9.17, 15) is 4.79 Å². The van der Waals surface area contributed by atoms with Crippen molar-refractivity contribution < 1.29 is 4.79 Å². The van der Waals surface area contributed by atoms with E-state index >= 15 is 0 Å². The minimum Gasteiger partial charge on any atom is -0.327 e. The van der Waals surface area contributed by atoms with E-state index in [1.54, 1.807) is 7.05 Å². The number of carbonyl (C=O) groups is 1. The van der Waals surface area contributed by atoms with Crippen LogP contribution < -0.4 is 5.32 Å². The lowest BCUT2D eigenvalue weighted by Gasteiger charge is -2.18. The molecule has 0 atom stereocenters. The van der Waals surface area contributed by atoms with Crippen LogP contribution in [0.4, 0.5) is 10.5 Å². The maximum absolute atomic E-state index is 11.9. The fraction of sp³-hybridized carbons (Fsp3) is 0.429. The highest BCUT2D eigenvalue weighted by Gasteiger charge is 2.10. The first kappa shape index (κ1) is 14.0. The quantitative estimate of drug-likeness (QED) is 0.890. The van der Waals surface area contributed by atoms with Gasteiger partial charge in [0.2, 0.25) is 0 Å². The number of amides is 2. The number of aryl methyl sites for hydroxylation is 3. The molecular weight excluding hydrogens is 226 g/mol. The number of carbonyl (C=O) groups excluding carboxylic acids is 1. The molecule has 0 spiro atoms. The largest absolute Gasteiger partial charge is 0.327 e. The van der Waals surface area contributed by atoms with Gasteiger partial charge in [0.15, 0.2) is 0 Å². The number of hydrogen-bond donors (Lipinski definition) is 1. The molecule has 0 fully saturated rings. The van der Waals surface area contributed by atoms with Crippen molar-refractivity contribution in [2.24, 2.45) is 0 Å². The molecule has 4 nitrogen and oxygen atoms in total. The Kier molecular flexibility index (Phi) is 4.73. The Morgan fingerprint density at radius 3 is 2.50 bits per heavy atom. The molecule has 0 saturated carbocycles. The molecule has 0 aliphatic carbocycles. The van der Waals surface area contributed by atoms with Crippen LogP contribution in [0.2, 0.25) is 0 Å². The minimum absolute atomic E-state index is 0.184.